The number of Topliss-reactive ketones (excluding diaryl/α,β-unsaturated/α-hetero) is 1. The number of carbonyl (C=O) groups excluding carboxylic acids is 3. The summed E-state index contributed by atoms with van der Waals surface area (Å²) < 4.78 is 0. The summed E-state index contributed by atoms with van der Waals surface area (Å²) in [6, 6.07) is 5.55. The Morgan fingerprint density at radius 2 is 1.64 bits per heavy atom. The number of aliphatic hydroxyl groups excluding tert-OH is 1. The number of ketones is 1. The minimum atomic E-state index is -0.594. The van der Waals surface area contributed by atoms with E-state index in [4.69, 9.17) is 0 Å². The van der Waals surface area contributed by atoms with Crippen LogP contribution in [0.4, 0.5) is 11.4 Å². The van der Waals surface area contributed by atoms with Crippen LogP contribution in [-0.4, -0.2) is 52.1 Å². The first-order chi connectivity index (χ1) is 18.2. The summed E-state index contributed by atoms with van der Waals surface area (Å²) in [4.78, 5) is 42.5. The van der Waals surface area contributed by atoms with Crippen molar-refractivity contribution >= 4 is 40.3 Å². The number of aliphatic hydroxyl groups is 1. The molecule has 0 atom stereocenters. The van der Waals surface area contributed by atoms with E-state index in [2.05, 4.69) is 29.2 Å². The highest BCUT2D eigenvalue weighted by molar-refractivity contribution is 6.45. The van der Waals surface area contributed by atoms with Crippen molar-refractivity contribution in [2.24, 2.45) is 16.4 Å². The van der Waals surface area contributed by atoms with E-state index in [1.54, 1.807) is 6.07 Å². The minimum Gasteiger partial charge on any atom is -0.506 e. The van der Waals surface area contributed by atoms with E-state index < -0.39 is 22.6 Å². The number of hydrogen-bond donors (Lipinski definition) is 2. The second-order valence-electron chi connectivity index (χ2n) is 12.7. The van der Waals surface area contributed by atoms with Gasteiger partial charge in [0.05, 0.1) is 33.7 Å². The van der Waals surface area contributed by atoms with Crippen molar-refractivity contribution in [2.75, 3.05) is 23.3 Å². The Kier molecular flexibility index (Phi) is 7.54. The van der Waals surface area contributed by atoms with E-state index in [9.17, 15) is 19.5 Å². The summed E-state index contributed by atoms with van der Waals surface area (Å²) in [6.07, 6.45) is 3.76. The number of nitrogens with one attached hydrogen (secondary N) is 1. The molecule has 4 rings (SSSR count). The van der Waals surface area contributed by atoms with Gasteiger partial charge in [-0.3, -0.25) is 14.4 Å². The minimum absolute atomic E-state index is 0.00341. The monoisotopic (exact) mass is 534 g/mol. The standard InChI is InChI=1S/C31H42N4O4/c1-9-34(10-2)19-15-16-20(21(17-19)32-28(38)18-13-11-12-14-18)22-25(36)23(26(22)37)24-27(30(3,4)5)33-35(29(24)39)31(6,7)8/h15-18,36H,9-14H2,1-8H3,(H,32,38)/b24-23+. The first kappa shape index (κ1) is 28.6. The number of rotatable bonds is 6. The first-order valence-corrected chi connectivity index (χ1v) is 14.1. The van der Waals surface area contributed by atoms with Crippen LogP contribution in [0, 0.1) is 11.3 Å². The fourth-order valence-corrected chi connectivity index (χ4v) is 5.55. The van der Waals surface area contributed by atoms with Gasteiger partial charge in [-0.15, -0.1) is 0 Å². The van der Waals surface area contributed by atoms with Gasteiger partial charge in [-0.25, -0.2) is 5.01 Å². The number of benzene rings is 1. The Morgan fingerprint density at radius 3 is 2.15 bits per heavy atom. The summed E-state index contributed by atoms with van der Waals surface area (Å²) in [6.45, 7) is 17.1. The van der Waals surface area contributed by atoms with E-state index in [0.717, 1.165) is 44.5 Å². The molecule has 3 aliphatic rings. The Balaban J connectivity index is 1.83. The quantitative estimate of drug-likeness (QED) is 0.446. The maximum absolute atomic E-state index is 13.7. The molecule has 2 N–H and O–H groups in total. The van der Waals surface area contributed by atoms with Crippen molar-refractivity contribution in [3.63, 3.8) is 0 Å². The van der Waals surface area contributed by atoms with Crippen molar-refractivity contribution in [2.45, 2.75) is 86.6 Å². The molecule has 1 aromatic carbocycles. The van der Waals surface area contributed by atoms with Gasteiger partial charge >= 0.3 is 0 Å². The van der Waals surface area contributed by atoms with E-state index in [0.29, 0.717) is 17.0 Å². The van der Waals surface area contributed by atoms with Crippen LogP contribution in [0.15, 0.2) is 40.2 Å². The second-order valence-corrected chi connectivity index (χ2v) is 12.7. The van der Waals surface area contributed by atoms with E-state index in [1.165, 1.54) is 5.01 Å². The van der Waals surface area contributed by atoms with E-state index >= 15 is 0 Å². The van der Waals surface area contributed by atoms with Crippen LogP contribution in [0.25, 0.3) is 5.57 Å². The molecule has 0 unspecified atom stereocenters. The average molecular weight is 535 g/mol. The van der Waals surface area contributed by atoms with Gasteiger partial charge in [0.25, 0.3) is 5.91 Å². The van der Waals surface area contributed by atoms with E-state index in [1.807, 2.05) is 53.7 Å². The van der Waals surface area contributed by atoms with Crippen molar-refractivity contribution < 1.29 is 19.5 Å². The largest absolute Gasteiger partial charge is 0.506 e. The molecule has 1 aromatic rings. The molecule has 210 valence electrons. The van der Waals surface area contributed by atoms with Gasteiger partial charge in [0.15, 0.2) is 0 Å². The lowest BCUT2D eigenvalue weighted by Gasteiger charge is -2.29. The molecule has 1 fully saturated rings. The fourth-order valence-electron chi connectivity index (χ4n) is 5.55. The van der Waals surface area contributed by atoms with Crippen LogP contribution in [-0.2, 0) is 14.4 Å². The lowest BCUT2D eigenvalue weighted by atomic mass is 9.75. The summed E-state index contributed by atoms with van der Waals surface area (Å²) in [5, 5.41) is 20.4. The molecule has 2 aliphatic carbocycles. The van der Waals surface area contributed by atoms with Crippen LogP contribution in [0.2, 0.25) is 0 Å². The maximum Gasteiger partial charge on any atom is 0.277 e. The highest BCUT2D eigenvalue weighted by atomic mass is 16.3. The molecule has 1 aliphatic heterocycles. The predicted molar refractivity (Wildman–Crippen MR) is 156 cm³/mol. The molecule has 39 heavy (non-hydrogen) atoms. The van der Waals surface area contributed by atoms with Crippen molar-refractivity contribution in [3.8, 4) is 0 Å². The Hall–Kier alpha value is -3.42. The fraction of sp³-hybridized carbons (Fsp3) is 0.548. The second kappa shape index (κ2) is 10.3. The van der Waals surface area contributed by atoms with Gasteiger partial charge in [0.1, 0.15) is 5.76 Å². The van der Waals surface area contributed by atoms with Crippen LogP contribution in [0.5, 0.6) is 0 Å². The predicted octanol–water partition coefficient (Wildman–Crippen LogP) is 5.85. The zero-order valence-corrected chi connectivity index (χ0v) is 24.6. The van der Waals surface area contributed by atoms with Crippen molar-refractivity contribution in [1.82, 2.24) is 5.01 Å². The molecule has 0 radical (unpaired) electrons. The molecule has 8 heteroatoms. The topological polar surface area (TPSA) is 102 Å². The third-order valence-electron chi connectivity index (χ3n) is 7.75. The summed E-state index contributed by atoms with van der Waals surface area (Å²) in [5.74, 6) is -1.17. The lowest BCUT2D eigenvalue weighted by Crippen LogP contribution is -2.40. The number of anilines is 2. The number of hydrogen-bond acceptors (Lipinski definition) is 6. The van der Waals surface area contributed by atoms with Crippen molar-refractivity contribution in [1.29, 1.82) is 0 Å². The molecule has 0 bridgehead atoms. The Bertz CT molecular complexity index is 1300. The maximum atomic E-state index is 13.7. The van der Waals surface area contributed by atoms with Gasteiger partial charge in [0.2, 0.25) is 11.7 Å². The third kappa shape index (κ3) is 5.13. The number of allylic oxidation sites excluding steroid dienone is 2. The number of nitrogens with zero attached hydrogens (tertiary/aromatic N) is 3. The average Bonchev–Trinajstić information content (AvgIpc) is 3.50. The molecule has 0 saturated heterocycles. The van der Waals surface area contributed by atoms with Crippen molar-refractivity contribution in [3.05, 3.63) is 40.7 Å². The smallest absolute Gasteiger partial charge is 0.277 e. The van der Waals surface area contributed by atoms with Crippen LogP contribution in [0.1, 0.15) is 86.6 Å². The number of carbonyl (C=O) groups is 3. The zero-order valence-electron chi connectivity index (χ0n) is 24.6. The van der Waals surface area contributed by atoms with Gasteiger partial charge in [-0.1, -0.05) is 33.6 Å². The van der Waals surface area contributed by atoms with Gasteiger partial charge in [-0.2, -0.15) is 5.10 Å². The molecule has 1 saturated carbocycles. The molecular weight excluding hydrogens is 492 g/mol. The summed E-state index contributed by atoms with van der Waals surface area (Å²) in [7, 11) is 0. The number of hydrazone groups is 1. The molecule has 2 amide bonds. The summed E-state index contributed by atoms with van der Waals surface area (Å²) >= 11 is 0. The molecular formula is C31H42N4O4. The van der Waals surface area contributed by atoms with E-state index in [-0.39, 0.29) is 34.3 Å². The molecule has 1 heterocycles. The van der Waals surface area contributed by atoms with Crippen LogP contribution >= 0.6 is 0 Å². The molecule has 8 nitrogen and oxygen atoms in total. The van der Waals surface area contributed by atoms with Gasteiger partial charge < -0.3 is 15.3 Å². The lowest BCUT2D eigenvalue weighted by molar-refractivity contribution is -0.130. The molecule has 0 spiro atoms. The first-order valence-electron chi connectivity index (χ1n) is 14.1. The van der Waals surface area contributed by atoms with Crippen LogP contribution in [0.3, 0.4) is 0 Å². The van der Waals surface area contributed by atoms with Gasteiger partial charge in [0, 0.05) is 35.7 Å². The van der Waals surface area contributed by atoms with Gasteiger partial charge in [-0.05, 0) is 65.7 Å². The number of amides is 2. The highest BCUT2D eigenvalue weighted by Gasteiger charge is 2.48. The third-order valence-corrected chi connectivity index (χ3v) is 7.75. The zero-order chi connectivity index (χ0) is 28.9. The Morgan fingerprint density at radius 1 is 1.03 bits per heavy atom. The Labute approximate surface area is 231 Å². The SMILES string of the molecule is CCN(CC)c1ccc(C2=C(O)/C(=C3\C(=O)N(C(C)(C)C)N=C3C(C)(C)C)C2=O)c(NC(=O)C2CCCC2)c1. The van der Waals surface area contributed by atoms with Crippen LogP contribution < -0.4 is 10.2 Å². The normalized spacial score (nSPS) is 20.5. The molecule has 0 aromatic heterocycles. The highest BCUT2D eigenvalue weighted by Crippen LogP contribution is 2.45. The summed E-state index contributed by atoms with van der Waals surface area (Å²) in [5.41, 5.74) is 1.48.